The molecule has 178 valence electrons. The van der Waals surface area contributed by atoms with Crippen LogP contribution in [-0.4, -0.2) is 48.3 Å². The zero-order valence-corrected chi connectivity index (χ0v) is 20.8. The number of thiophene rings is 1. The van der Waals surface area contributed by atoms with E-state index in [0.717, 1.165) is 22.7 Å². The molecule has 6 nitrogen and oxygen atoms in total. The van der Waals surface area contributed by atoms with E-state index in [1.54, 1.807) is 4.90 Å². The summed E-state index contributed by atoms with van der Waals surface area (Å²) in [4.78, 5) is 31.2. The van der Waals surface area contributed by atoms with Crippen LogP contribution in [0.1, 0.15) is 23.4 Å². The number of halogens is 1. The van der Waals surface area contributed by atoms with E-state index in [1.165, 1.54) is 11.3 Å². The van der Waals surface area contributed by atoms with Crippen molar-refractivity contribution in [3.63, 3.8) is 0 Å². The molecule has 4 rings (SSSR count). The molecule has 2 aromatic carbocycles. The Morgan fingerprint density at radius 2 is 1.97 bits per heavy atom. The second-order valence-corrected chi connectivity index (χ2v) is 9.56. The number of rotatable bonds is 7. The van der Waals surface area contributed by atoms with Crippen LogP contribution in [0.4, 0.5) is 5.69 Å². The number of alkyl halides is 1. The third-order valence-electron chi connectivity index (χ3n) is 5.77. The van der Waals surface area contributed by atoms with Gasteiger partial charge >= 0.3 is 0 Å². The van der Waals surface area contributed by atoms with Crippen molar-refractivity contribution in [3.05, 3.63) is 76.5 Å². The van der Waals surface area contributed by atoms with Crippen molar-refractivity contribution in [1.29, 1.82) is 0 Å². The molecule has 0 bridgehead atoms. The highest BCUT2D eigenvalue weighted by Crippen LogP contribution is 2.36. The molecule has 1 saturated heterocycles. The average Bonchev–Trinajstić information content (AvgIpc) is 3.37. The first-order valence-electron chi connectivity index (χ1n) is 11.2. The van der Waals surface area contributed by atoms with Gasteiger partial charge in [-0.25, -0.2) is 0 Å². The number of nitrogens with zero attached hydrogens (tertiary/aromatic N) is 2. The summed E-state index contributed by atoms with van der Waals surface area (Å²) in [5.41, 5.74) is 1.45. The van der Waals surface area contributed by atoms with Crippen molar-refractivity contribution in [2.45, 2.75) is 25.9 Å². The molecule has 1 aromatic heterocycles. The number of carbonyl (C=O) groups is 2. The van der Waals surface area contributed by atoms with E-state index in [-0.39, 0.29) is 23.7 Å². The van der Waals surface area contributed by atoms with Crippen LogP contribution < -0.4 is 15.0 Å². The summed E-state index contributed by atoms with van der Waals surface area (Å²) < 4.78 is 5.96. The minimum Gasteiger partial charge on any atom is -0.457 e. The minimum atomic E-state index is -0.781. The van der Waals surface area contributed by atoms with Gasteiger partial charge in [-0.15, -0.1) is 22.9 Å². The first kappa shape index (κ1) is 24.3. The molecular formula is C26H28ClN3O3S. The highest BCUT2D eigenvalue weighted by Gasteiger charge is 2.37. The quantitative estimate of drug-likeness (QED) is 0.467. The van der Waals surface area contributed by atoms with Crippen LogP contribution in [0, 0.1) is 6.92 Å². The Morgan fingerprint density at radius 3 is 2.62 bits per heavy atom. The smallest absolute Gasteiger partial charge is 0.251 e. The number of carbonyl (C=O) groups excluding carboxylic acids is 2. The summed E-state index contributed by atoms with van der Waals surface area (Å²) >= 11 is 7.52. The van der Waals surface area contributed by atoms with Crippen molar-refractivity contribution >= 4 is 40.4 Å². The minimum absolute atomic E-state index is 0.0988. The van der Waals surface area contributed by atoms with Gasteiger partial charge in [-0.3, -0.25) is 14.5 Å². The first-order chi connectivity index (χ1) is 16.5. The second-order valence-electron chi connectivity index (χ2n) is 8.32. The fraction of sp³-hybridized carbons (Fsp3) is 0.308. The number of aryl methyl sites for hydroxylation is 1. The predicted molar refractivity (Wildman–Crippen MR) is 137 cm³/mol. The molecule has 0 spiro atoms. The largest absolute Gasteiger partial charge is 0.457 e. The molecule has 0 saturated carbocycles. The highest BCUT2D eigenvalue weighted by molar-refractivity contribution is 7.10. The molecule has 1 unspecified atom stereocenters. The van der Waals surface area contributed by atoms with Crippen LogP contribution in [0.15, 0.2) is 66.0 Å². The number of nitrogens with one attached hydrogen (secondary N) is 1. The molecule has 8 heteroatoms. The number of ether oxygens (including phenoxy) is 1. The molecule has 3 aromatic rings. The van der Waals surface area contributed by atoms with Gasteiger partial charge in [0.2, 0.25) is 5.91 Å². The summed E-state index contributed by atoms with van der Waals surface area (Å²) in [7, 11) is 0. The Bertz CT molecular complexity index is 1120. The maximum atomic E-state index is 13.8. The third-order valence-corrected chi connectivity index (χ3v) is 6.93. The number of benzene rings is 2. The second kappa shape index (κ2) is 11.0. The van der Waals surface area contributed by atoms with Gasteiger partial charge in [-0.05, 0) is 61.2 Å². The Kier molecular flexibility index (Phi) is 7.88. The standard InChI is InChI=1S/C26H28ClN3O3S/c1-18-15-21(33-20-7-4-3-5-8-20)10-11-22(18)30(24(31)16-27)25(23-9-6-14-34-23)26(32)29-13-12-28-19(2)17-29/h3-11,14-15,19,25,28H,12-13,16-17H2,1-2H3/t19-,25?/m0/s1. The van der Waals surface area contributed by atoms with Gasteiger partial charge < -0.3 is 15.0 Å². The summed E-state index contributed by atoms with van der Waals surface area (Å²) in [6.45, 7) is 5.86. The van der Waals surface area contributed by atoms with Gasteiger partial charge in [0.1, 0.15) is 23.4 Å². The van der Waals surface area contributed by atoms with Crippen molar-refractivity contribution in [1.82, 2.24) is 10.2 Å². The van der Waals surface area contributed by atoms with Crippen molar-refractivity contribution < 1.29 is 14.3 Å². The van der Waals surface area contributed by atoms with Gasteiger partial charge in [0, 0.05) is 36.2 Å². The van der Waals surface area contributed by atoms with Gasteiger partial charge in [0.05, 0.1) is 0 Å². The molecule has 2 heterocycles. The summed E-state index contributed by atoms with van der Waals surface area (Å²) in [5.74, 6) is 0.729. The van der Waals surface area contributed by atoms with Crippen LogP contribution in [0.5, 0.6) is 11.5 Å². The van der Waals surface area contributed by atoms with E-state index >= 15 is 0 Å². The third kappa shape index (κ3) is 5.43. The normalized spacial score (nSPS) is 16.7. The topological polar surface area (TPSA) is 61.9 Å². The molecule has 1 fully saturated rings. The SMILES string of the molecule is Cc1cc(Oc2ccccc2)ccc1N(C(=O)CCl)C(C(=O)N1CCN[C@@H](C)C1)c1cccs1. The number of anilines is 1. The lowest BCUT2D eigenvalue weighted by molar-refractivity contribution is -0.135. The molecule has 1 N–H and O–H groups in total. The maximum absolute atomic E-state index is 13.8. The molecule has 34 heavy (non-hydrogen) atoms. The monoisotopic (exact) mass is 497 g/mol. The van der Waals surface area contributed by atoms with Crippen molar-refractivity contribution in [2.75, 3.05) is 30.4 Å². The molecule has 1 aliphatic heterocycles. The van der Waals surface area contributed by atoms with Gasteiger partial charge in [-0.2, -0.15) is 0 Å². The first-order valence-corrected chi connectivity index (χ1v) is 12.7. The van der Waals surface area contributed by atoms with E-state index in [9.17, 15) is 9.59 Å². The number of para-hydroxylation sites is 1. The molecule has 2 atom stereocenters. The Balaban J connectivity index is 1.71. The molecule has 0 aliphatic carbocycles. The average molecular weight is 498 g/mol. The van der Waals surface area contributed by atoms with Crippen LogP contribution >= 0.6 is 22.9 Å². The fourth-order valence-corrected chi connectivity index (χ4v) is 5.12. The van der Waals surface area contributed by atoms with Gasteiger partial charge in [-0.1, -0.05) is 24.3 Å². The summed E-state index contributed by atoms with van der Waals surface area (Å²) in [5, 5.41) is 5.28. The Hall–Kier alpha value is -2.87. The molecular weight excluding hydrogens is 470 g/mol. The van der Waals surface area contributed by atoms with E-state index in [1.807, 2.05) is 77.9 Å². The number of hydrogen-bond acceptors (Lipinski definition) is 5. The molecule has 1 aliphatic rings. The van der Waals surface area contributed by atoms with Gasteiger partial charge in [0.15, 0.2) is 0 Å². The van der Waals surface area contributed by atoms with Crippen molar-refractivity contribution in [2.24, 2.45) is 0 Å². The number of hydrogen-bond donors (Lipinski definition) is 1. The maximum Gasteiger partial charge on any atom is 0.251 e. The van der Waals surface area contributed by atoms with Crippen LogP contribution in [-0.2, 0) is 9.59 Å². The summed E-state index contributed by atoms with van der Waals surface area (Å²) in [6.07, 6.45) is 0. The fourth-order valence-electron chi connectivity index (χ4n) is 4.18. The Labute approximate surface area is 209 Å². The Morgan fingerprint density at radius 1 is 1.18 bits per heavy atom. The van der Waals surface area contributed by atoms with Gasteiger partial charge in [0.25, 0.3) is 5.91 Å². The van der Waals surface area contributed by atoms with E-state index in [0.29, 0.717) is 24.5 Å². The molecule has 0 radical (unpaired) electrons. The number of amides is 2. The lowest BCUT2D eigenvalue weighted by atomic mass is 10.1. The van der Waals surface area contributed by atoms with Crippen LogP contribution in [0.3, 0.4) is 0 Å². The van der Waals surface area contributed by atoms with E-state index < -0.39 is 6.04 Å². The van der Waals surface area contributed by atoms with E-state index in [2.05, 4.69) is 12.2 Å². The lowest BCUT2D eigenvalue weighted by Crippen LogP contribution is -2.55. The zero-order chi connectivity index (χ0) is 24.1. The summed E-state index contributed by atoms with van der Waals surface area (Å²) in [6, 6.07) is 18.2. The van der Waals surface area contributed by atoms with Crippen LogP contribution in [0.2, 0.25) is 0 Å². The van der Waals surface area contributed by atoms with E-state index in [4.69, 9.17) is 16.3 Å². The van der Waals surface area contributed by atoms with Crippen molar-refractivity contribution in [3.8, 4) is 11.5 Å². The number of piperazine rings is 1. The zero-order valence-electron chi connectivity index (χ0n) is 19.2. The highest BCUT2D eigenvalue weighted by atomic mass is 35.5. The predicted octanol–water partition coefficient (Wildman–Crippen LogP) is 4.98. The molecule has 2 amide bonds. The lowest BCUT2D eigenvalue weighted by Gasteiger charge is -2.38. The van der Waals surface area contributed by atoms with Crippen LogP contribution in [0.25, 0.3) is 0 Å².